The molecule has 4 rings (SSSR count). The molecule has 1 aliphatic carbocycles. The summed E-state index contributed by atoms with van der Waals surface area (Å²) in [6.07, 6.45) is 0. The number of benzene rings is 2. The van der Waals surface area contributed by atoms with Crippen LogP contribution in [0.1, 0.15) is 13.8 Å². The standard InChI is InChI=1S/C20H21N3O/c1-3-22(4-2)12-13-23-20(24)17-11-7-10-15-14-8-5-6-9-16(14)19(21-23)18(15)17/h5-11H,3-4,12-13H2,1-2H3/p+1. The van der Waals surface area contributed by atoms with Crippen LogP contribution in [0.4, 0.5) is 0 Å². The second-order valence-corrected chi connectivity index (χ2v) is 6.36. The molecule has 0 aliphatic heterocycles. The fourth-order valence-corrected chi connectivity index (χ4v) is 3.70. The highest BCUT2D eigenvalue weighted by atomic mass is 16.1. The van der Waals surface area contributed by atoms with Gasteiger partial charge in [0.25, 0.3) is 5.56 Å². The summed E-state index contributed by atoms with van der Waals surface area (Å²) in [6, 6.07) is 14.3. The van der Waals surface area contributed by atoms with Gasteiger partial charge in [0.05, 0.1) is 31.6 Å². The average Bonchev–Trinajstić information content (AvgIpc) is 2.95. The molecule has 1 aliphatic rings. The van der Waals surface area contributed by atoms with E-state index < -0.39 is 0 Å². The van der Waals surface area contributed by atoms with Gasteiger partial charge in [-0.3, -0.25) is 4.79 Å². The zero-order valence-corrected chi connectivity index (χ0v) is 14.2. The molecule has 0 amide bonds. The molecule has 2 aromatic carbocycles. The van der Waals surface area contributed by atoms with Crippen LogP contribution >= 0.6 is 0 Å². The molecule has 4 nitrogen and oxygen atoms in total. The number of nitrogens with zero attached hydrogens (tertiary/aromatic N) is 2. The zero-order chi connectivity index (χ0) is 16.7. The lowest BCUT2D eigenvalue weighted by molar-refractivity contribution is -0.897. The van der Waals surface area contributed by atoms with E-state index in [0.29, 0.717) is 6.54 Å². The van der Waals surface area contributed by atoms with Gasteiger partial charge in [0.15, 0.2) is 0 Å². The number of aromatic nitrogens is 2. The Kier molecular flexibility index (Phi) is 3.69. The van der Waals surface area contributed by atoms with Crippen LogP contribution in [0.25, 0.3) is 33.2 Å². The van der Waals surface area contributed by atoms with E-state index in [1.165, 1.54) is 10.5 Å². The Morgan fingerprint density at radius 3 is 2.42 bits per heavy atom. The molecule has 1 aromatic heterocycles. The van der Waals surface area contributed by atoms with E-state index in [1.54, 1.807) is 4.68 Å². The number of likely N-dealkylation sites (N-methyl/N-ethyl adjacent to an activating group) is 1. The number of fused-ring (bicyclic) bond motifs is 3. The summed E-state index contributed by atoms with van der Waals surface area (Å²) < 4.78 is 1.66. The van der Waals surface area contributed by atoms with Gasteiger partial charge >= 0.3 is 0 Å². The van der Waals surface area contributed by atoms with Crippen molar-refractivity contribution in [2.75, 3.05) is 19.6 Å². The van der Waals surface area contributed by atoms with Crippen LogP contribution < -0.4 is 10.5 Å². The van der Waals surface area contributed by atoms with E-state index in [-0.39, 0.29) is 5.56 Å². The Morgan fingerprint density at radius 1 is 0.958 bits per heavy atom. The highest BCUT2D eigenvalue weighted by Gasteiger charge is 2.24. The normalized spacial score (nSPS) is 12.1. The largest absolute Gasteiger partial charge is 0.334 e. The number of quaternary nitrogens is 1. The summed E-state index contributed by atoms with van der Waals surface area (Å²) in [7, 11) is 0. The SMILES string of the molecule is CC[NH+](CC)CCn1nc2c3c(cccc3c1=O)-c1ccccc1-2. The van der Waals surface area contributed by atoms with E-state index in [9.17, 15) is 4.79 Å². The van der Waals surface area contributed by atoms with Gasteiger partial charge in [-0.2, -0.15) is 5.10 Å². The fourth-order valence-electron chi connectivity index (χ4n) is 3.70. The van der Waals surface area contributed by atoms with Crippen molar-refractivity contribution in [2.24, 2.45) is 0 Å². The monoisotopic (exact) mass is 320 g/mol. The van der Waals surface area contributed by atoms with Crippen molar-refractivity contribution < 1.29 is 4.90 Å². The molecule has 0 fully saturated rings. The van der Waals surface area contributed by atoms with Crippen LogP contribution in [-0.4, -0.2) is 29.4 Å². The molecule has 0 radical (unpaired) electrons. The van der Waals surface area contributed by atoms with Crippen LogP contribution in [0, 0.1) is 0 Å². The van der Waals surface area contributed by atoms with Gasteiger partial charge in [0, 0.05) is 10.9 Å². The summed E-state index contributed by atoms with van der Waals surface area (Å²) >= 11 is 0. The third kappa shape index (κ3) is 2.18. The molecule has 24 heavy (non-hydrogen) atoms. The Hall–Kier alpha value is -2.46. The van der Waals surface area contributed by atoms with Gasteiger partial charge in [0.2, 0.25) is 0 Å². The first-order valence-electron chi connectivity index (χ1n) is 8.71. The predicted octanol–water partition coefficient (Wildman–Crippen LogP) is 1.97. The Labute approximate surface area is 141 Å². The minimum atomic E-state index is 0.0231. The molecule has 3 aromatic rings. The van der Waals surface area contributed by atoms with Gasteiger partial charge in [-0.05, 0) is 31.0 Å². The second-order valence-electron chi connectivity index (χ2n) is 6.36. The zero-order valence-electron chi connectivity index (χ0n) is 14.2. The van der Waals surface area contributed by atoms with Crippen LogP contribution in [0.5, 0.6) is 0 Å². The summed E-state index contributed by atoms with van der Waals surface area (Å²) in [5, 5.41) is 6.53. The summed E-state index contributed by atoms with van der Waals surface area (Å²) in [5.74, 6) is 0. The van der Waals surface area contributed by atoms with E-state index in [2.05, 4.69) is 32.0 Å². The van der Waals surface area contributed by atoms with Crippen molar-refractivity contribution in [2.45, 2.75) is 20.4 Å². The number of nitrogens with one attached hydrogen (secondary N) is 1. The van der Waals surface area contributed by atoms with Gasteiger partial charge in [0.1, 0.15) is 5.69 Å². The molecular formula is C20H22N3O+. The molecule has 4 heteroatoms. The quantitative estimate of drug-likeness (QED) is 0.611. The summed E-state index contributed by atoms with van der Waals surface area (Å²) in [6.45, 7) is 8.07. The number of hydrogen-bond donors (Lipinski definition) is 1. The van der Waals surface area contributed by atoms with Gasteiger partial charge in [-0.15, -0.1) is 0 Å². The molecule has 1 N–H and O–H groups in total. The molecule has 1 heterocycles. The third-order valence-corrected chi connectivity index (χ3v) is 5.14. The molecule has 0 bridgehead atoms. The topological polar surface area (TPSA) is 39.3 Å². The second kappa shape index (κ2) is 5.87. The number of rotatable bonds is 5. The van der Waals surface area contributed by atoms with E-state index in [1.807, 2.05) is 24.3 Å². The molecule has 0 atom stereocenters. The molecular weight excluding hydrogens is 298 g/mol. The van der Waals surface area contributed by atoms with Crippen molar-refractivity contribution in [3.8, 4) is 22.4 Å². The van der Waals surface area contributed by atoms with Crippen LogP contribution in [0.2, 0.25) is 0 Å². The number of hydrogen-bond acceptors (Lipinski definition) is 2. The maximum atomic E-state index is 12.9. The van der Waals surface area contributed by atoms with Gasteiger partial charge < -0.3 is 4.90 Å². The van der Waals surface area contributed by atoms with E-state index in [0.717, 1.165) is 47.2 Å². The van der Waals surface area contributed by atoms with Crippen LogP contribution in [0.3, 0.4) is 0 Å². The van der Waals surface area contributed by atoms with E-state index in [4.69, 9.17) is 5.10 Å². The van der Waals surface area contributed by atoms with Crippen molar-refractivity contribution in [3.05, 3.63) is 52.8 Å². The fraction of sp³-hybridized carbons (Fsp3) is 0.300. The Bertz CT molecular complexity index is 970. The molecule has 122 valence electrons. The molecule has 0 unspecified atom stereocenters. The highest BCUT2D eigenvalue weighted by molar-refractivity contribution is 6.13. The Balaban J connectivity index is 1.88. The first kappa shape index (κ1) is 15.1. The third-order valence-electron chi connectivity index (χ3n) is 5.14. The summed E-state index contributed by atoms with van der Waals surface area (Å²) in [4.78, 5) is 14.4. The predicted molar refractivity (Wildman–Crippen MR) is 97.3 cm³/mol. The van der Waals surface area contributed by atoms with Crippen LogP contribution in [-0.2, 0) is 6.54 Å². The lowest BCUT2D eigenvalue weighted by Gasteiger charge is -2.16. The first-order valence-corrected chi connectivity index (χ1v) is 8.71. The van der Waals surface area contributed by atoms with Crippen molar-refractivity contribution >= 4 is 10.8 Å². The van der Waals surface area contributed by atoms with Crippen LogP contribution in [0.15, 0.2) is 47.3 Å². The molecule has 0 spiro atoms. The minimum absolute atomic E-state index is 0.0231. The van der Waals surface area contributed by atoms with Crippen molar-refractivity contribution in [1.82, 2.24) is 9.78 Å². The summed E-state index contributed by atoms with van der Waals surface area (Å²) in [5.41, 5.74) is 4.41. The van der Waals surface area contributed by atoms with Gasteiger partial charge in [-0.25, -0.2) is 4.68 Å². The maximum Gasteiger partial charge on any atom is 0.274 e. The lowest BCUT2D eigenvalue weighted by Crippen LogP contribution is -3.11. The highest BCUT2D eigenvalue weighted by Crippen LogP contribution is 2.44. The maximum absolute atomic E-state index is 12.9. The van der Waals surface area contributed by atoms with Crippen molar-refractivity contribution in [1.29, 1.82) is 0 Å². The molecule has 0 saturated heterocycles. The minimum Gasteiger partial charge on any atom is -0.334 e. The van der Waals surface area contributed by atoms with Gasteiger partial charge in [-0.1, -0.05) is 36.4 Å². The smallest absolute Gasteiger partial charge is 0.274 e. The average molecular weight is 320 g/mol. The Morgan fingerprint density at radius 2 is 1.67 bits per heavy atom. The lowest BCUT2D eigenvalue weighted by atomic mass is 10.0. The van der Waals surface area contributed by atoms with E-state index >= 15 is 0 Å². The molecule has 0 saturated carbocycles. The first-order chi connectivity index (χ1) is 11.7. The van der Waals surface area contributed by atoms with Crippen molar-refractivity contribution in [3.63, 3.8) is 0 Å².